The molecule has 0 atom stereocenters. The molecule has 4 nitrogen and oxygen atoms in total. The lowest BCUT2D eigenvalue weighted by atomic mass is 10.0. The molecular weight excluding hydrogens is 238 g/mol. The maximum Gasteiger partial charge on any atom is 0.269 e. The second kappa shape index (κ2) is 4.83. The Labute approximate surface area is 114 Å². The van der Waals surface area contributed by atoms with Gasteiger partial charge in [0.05, 0.1) is 0 Å². The zero-order valence-electron chi connectivity index (χ0n) is 11.4. The molecule has 0 aliphatic heterocycles. The summed E-state index contributed by atoms with van der Waals surface area (Å²) in [5, 5.41) is 6.26. The lowest BCUT2D eigenvalue weighted by Gasteiger charge is -2.16. The van der Waals surface area contributed by atoms with Gasteiger partial charge in [-0.15, -0.1) is 0 Å². The first kappa shape index (κ1) is 12.5. The number of carbonyl (C=O) groups is 1. The molecule has 2 aliphatic carbocycles. The van der Waals surface area contributed by atoms with Crippen molar-refractivity contribution >= 4 is 11.6 Å². The predicted octanol–water partition coefficient (Wildman–Crippen LogP) is 2.43. The van der Waals surface area contributed by atoms with Gasteiger partial charge < -0.3 is 10.6 Å². The van der Waals surface area contributed by atoms with Crippen molar-refractivity contribution in [2.45, 2.75) is 32.6 Å². The summed E-state index contributed by atoms with van der Waals surface area (Å²) in [6.45, 7) is 3.58. The number of aromatic nitrogens is 1. The highest BCUT2D eigenvalue weighted by molar-refractivity contribution is 5.93. The Bertz CT molecular complexity index is 478. The first-order chi connectivity index (χ1) is 9.23. The molecule has 2 saturated carbocycles. The summed E-state index contributed by atoms with van der Waals surface area (Å²) in [6.07, 6.45) is 7.23. The van der Waals surface area contributed by atoms with E-state index in [2.05, 4.69) is 15.6 Å². The summed E-state index contributed by atoms with van der Waals surface area (Å²) < 4.78 is 0. The van der Waals surface area contributed by atoms with Gasteiger partial charge in [0, 0.05) is 25.0 Å². The van der Waals surface area contributed by atoms with Crippen molar-refractivity contribution in [3.8, 4) is 0 Å². The van der Waals surface area contributed by atoms with Crippen molar-refractivity contribution in [1.29, 1.82) is 0 Å². The molecule has 2 fully saturated rings. The maximum atomic E-state index is 11.7. The SMILES string of the molecule is CCNC(=O)c1cc(NCC2(C3CC3)CC2)ccn1. The van der Waals surface area contributed by atoms with Gasteiger partial charge in [-0.25, -0.2) is 0 Å². The van der Waals surface area contributed by atoms with Crippen LogP contribution in [0.15, 0.2) is 18.3 Å². The van der Waals surface area contributed by atoms with Crippen LogP contribution in [-0.2, 0) is 0 Å². The Morgan fingerprint density at radius 1 is 1.47 bits per heavy atom. The molecule has 0 saturated heterocycles. The van der Waals surface area contributed by atoms with Crippen LogP contribution in [0.2, 0.25) is 0 Å². The monoisotopic (exact) mass is 259 g/mol. The summed E-state index contributed by atoms with van der Waals surface area (Å²) in [6, 6.07) is 3.78. The highest BCUT2D eigenvalue weighted by atomic mass is 16.1. The largest absolute Gasteiger partial charge is 0.384 e. The van der Waals surface area contributed by atoms with E-state index in [-0.39, 0.29) is 5.91 Å². The Hall–Kier alpha value is -1.58. The molecule has 4 heteroatoms. The van der Waals surface area contributed by atoms with Crippen LogP contribution in [0, 0.1) is 11.3 Å². The molecule has 1 aromatic heterocycles. The van der Waals surface area contributed by atoms with Crippen LogP contribution in [-0.4, -0.2) is 24.0 Å². The number of hydrogen-bond donors (Lipinski definition) is 2. The molecule has 0 radical (unpaired) electrons. The average Bonchev–Trinajstić information content (AvgIpc) is 3.28. The lowest BCUT2D eigenvalue weighted by molar-refractivity contribution is 0.0951. The van der Waals surface area contributed by atoms with Crippen molar-refractivity contribution in [3.05, 3.63) is 24.0 Å². The van der Waals surface area contributed by atoms with E-state index in [1.807, 2.05) is 19.1 Å². The van der Waals surface area contributed by atoms with Gasteiger partial charge in [-0.3, -0.25) is 9.78 Å². The molecule has 1 amide bonds. The fraction of sp³-hybridized carbons (Fsp3) is 0.600. The molecule has 1 aromatic rings. The zero-order valence-corrected chi connectivity index (χ0v) is 11.4. The average molecular weight is 259 g/mol. The quantitative estimate of drug-likeness (QED) is 0.825. The highest BCUT2D eigenvalue weighted by Gasteiger charge is 2.53. The molecular formula is C15H21N3O. The highest BCUT2D eigenvalue weighted by Crippen LogP contribution is 2.61. The predicted molar refractivity (Wildman–Crippen MR) is 75.1 cm³/mol. The van der Waals surface area contributed by atoms with Crippen molar-refractivity contribution in [2.75, 3.05) is 18.4 Å². The van der Waals surface area contributed by atoms with Gasteiger partial charge in [0.25, 0.3) is 5.91 Å². The fourth-order valence-corrected chi connectivity index (χ4v) is 2.78. The van der Waals surface area contributed by atoms with Crippen molar-refractivity contribution in [2.24, 2.45) is 11.3 Å². The van der Waals surface area contributed by atoms with Crippen LogP contribution in [0.25, 0.3) is 0 Å². The number of carbonyl (C=O) groups excluding carboxylic acids is 1. The van der Waals surface area contributed by atoms with Crippen LogP contribution in [0.1, 0.15) is 43.1 Å². The first-order valence-electron chi connectivity index (χ1n) is 7.22. The molecule has 2 N–H and O–H groups in total. The second-order valence-electron chi connectivity index (χ2n) is 5.78. The van der Waals surface area contributed by atoms with Crippen LogP contribution in [0.3, 0.4) is 0 Å². The molecule has 102 valence electrons. The maximum absolute atomic E-state index is 11.7. The smallest absolute Gasteiger partial charge is 0.269 e. The number of nitrogens with one attached hydrogen (secondary N) is 2. The topological polar surface area (TPSA) is 54.0 Å². The van der Waals surface area contributed by atoms with E-state index < -0.39 is 0 Å². The summed E-state index contributed by atoms with van der Waals surface area (Å²) in [7, 11) is 0. The van der Waals surface area contributed by atoms with Gasteiger partial charge in [0.2, 0.25) is 0 Å². The zero-order chi connectivity index (χ0) is 13.3. The summed E-state index contributed by atoms with van der Waals surface area (Å²) in [4.78, 5) is 15.8. The van der Waals surface area contributed by atoms with E-state index in [1.54, 1.807) is 6.20 Å². The third-order valence-electron chi connectivity index (χ3n) is 4.31. The Kier molecular flexibility index (Phi) is 3.17. The number of rotatable bonds is 6. The van der Waals surface area contributed by atoms with Crippen LogP contribution in [0.5, 0.6) is 0 Å². The van der Waals surface area contributed by atoms with E-state index in [1.165, 1.54) is 25.7 Å². The van der Waals surface area contributed by atoms with Crippen LogP contribution in [0.4, 0.5) is 5.69 Å². The molecule has 0 spiro atoms. The van der Waals surface area contributed by atoms with Gasteiger partial charge in [-0.2, -0.15) is 0 Å². The fourth-order valence-electron chi connectivity index (χ4n) is 2.78. The number of anilines is 1. The number of hydrogen-bond acceptors (Lipinski definition) is 3. The molecule has 0 aromatic carbocycles. The van der Waals surface area contributed by atoms with E-state index in [0.717, 1.165) is 18.2 Å². The van der Waals surface area contributed by atoms with Gasteiger partial charge >= 0.3 is 0 Å². The Morgan fingerprint density at radius 3 is 2.89 bits per heavy atom. The van der Waals surface area contributed by atoms with Gasteiger partial charge in [0.15, 0.2) is 0 Å². The minimum atomic E-state index is -0.102. The van der Waals surface area contributed by atoms with Gasteiger partial charge in [-0.05, 0) is 56.1 Å². The molecule has 19 heavy (non-hydrogen) atoms. The molecule has 0 unspecified atom stereocenters. The lowest BCUT2D eigenvalue weighted by Crippen LogP contribution is -2.24. The van der Waals surface area contributed by atoms with E-state index >= 15 is 0 Å². The second-order valence-corrected chi connectivity index (χ2v) is 5.78. The van der Waals surface area contributed by atoms with Crippen molar-refractivity contribution < 1.29 is 4.79 Å². The number of amides is 1. The number of pyridine rings is 1. The Balaban J connectivity index is 1.61. The number of nitrogens with zero attached hydrogens (tertiary/aromatic N) is 1. The molecule has 0 bridgehead atoms. The summed E-state index contributed by atoms with van der Waals surface area (Å²) in [5.41, 5.74) is 2.06. The third-order valence-corrected chi connectivity index (χ3v) is 4.31. The van der Waals surface area contributed by atoms with Crippen molar-refractivity contribution in [1.82, 2.24) is 10.3 Å². The van der Waals surface area contributed by atoms with Crippen molar-refractivity contribution in [3.63, 3.8) is 0 Å². The van der Waals surface area contributed by atoms with E-state index in [9.17, 15) is 4.79 Å². The van der Waals surface area contributed by atoms with Gasteiger partial charge in [-0.1, -0.05) is 0 Å². The summed E-state index contributed by atoms with van der Waals surface area (Å²) in [5.74, 6) is 0.846. The molecule has 1 heterocycles. The normalized spacial score (nSPS) is 19.8. The van der Waals surface area contributed by atoms with Gasteiger partial charge in [0.1, 0.15) is 5.69 Å². The van der Waals surface area contributed by atoms with Crippen LogP contribution >= 0.6 is 0 Å². The third kappa shape index (κ3) is 2.72. The van der Waals surface area contributed by atoms with E-state index in [0.29, 0.717) is 17.7 Å². The summed E-state index contributed by atoms with van der Waals surface area (Å²) >= 11 is 0. The standard InChI is InChI=1S/C15H21N3O/c1-2-16-14(19)13-9-12(5-8-17-13)18-10-15(6-7-15)11-3-4-11/h5,8-9,11H,2-4,6-7,10H2,1H3,(H,16,19)(H,17,18). The Morgan fingerprint density at radius 2 is 2.26 bits per heavy atom. The minimum Gasteiger partial charge on any atom is -0.384 e. The molecule has 3 rings (SSSR count). The van der Waals surface area contributed by atoms with Crippen LogP contribution < -0.4 is 10.6 Å². The first-order valence-corrected chi connectivity index (χ1v) is 7.22. The minimum absolute atomic E-state index is 0.102. The van der Waals surface area contributed by atoms with E-state index in [4.69, 9.17) is 0 Å². The molecule has 2 aliphatic rings.